The fraction of sp³-hybridized carbons (Fsp3) is 0.452. The number of hydrogen-bond donors (Lipinski definition) is 1. The van der Waals surface area contributed by atoms with Gasteiger partial charge in [-0.1, -0.05) is 93.6 Å². The van der Waals surface area contributed by atoms with Gasteiger partial charge in [0.2, 0.25) is 5.91 Å². The van der Waals surface area contributed by atoms with Gasteiger partial charge in [-0.15, -0.1) is 0 Å². The first-order chi connectivity index (χ1) is 18.3. The number of carbonyl (C=O) groups excluding carboxylic acids is 3. The Morgan fingerprint density at radius 2 is 1.59 bits per heavy atom. The Labute approximate surface area is 230 Å². The number of likely N-dealkylation sites (tertiary alicyclic amines) is 1. The molecule has 8 heteroatoms. The van der Waals surface area contributed by atoms with Gasteiger partial charge in [0.1, 0.15) is 18.2 Å². The SMILES string of the molecule is CC(C)(C)OC(=O)C([C@H](O)C(C)(C)C)N1C(=O)C(N2C(=O)OC[C@@H]2c2ccccc2)C1C=Cc1ccccc1. The number of hydrogen-bond acceptors (Lipinski definition) is 6. The standard InChI is InChI=1S/C31H38N2O6/c1-30(2,3)26(34)25(28(36)39-31(4,5)6)32-22(18-17-20-13-9-7-10-14-20)24(27(32)35)33-23(19-38-29(33)37)21-15-11-8-12-16-21/h7-18,22-26,34H,19H2,1-6H3/t22?,23-,24?,25?,26+/m1/s1. The highest BCUT2D eigenvalue weighted by atomic mass is 16.6. The second-order valence-electron chi connectivity index (χ2n) is 12.2. The Morgan fingerprint density at radius 3 is 2.15 bits per heavy atom. The number of nitrogens with zero attached hydrogens (tertiary/aromatic N) is 2. The number of aliphatic hydroxyl groups excluding tert-OH is 1. The Hall–Kier alpha value is -3.65. The van der Waals surface area contributed by atoms with E-state index in [1.54, 1.807) is 41.5 Å². The molecule has 2 heterocycles. The molecule has 0 aromatic heterocycles. The Balaban J connectivity index is 1.76. The molecule has 0 spiro atoms. The predicted molar refractivity (Wildman–Crippen MR) is 147 cm³/mol. The highest BCUT2D eigenvalue weighted by molar-refractivity contribution is 5.97. The zero-order valence-electron chi connectivity index (χ0n) is 23.4. The molecule has 39 heavy (non-hydrogen) atoms. The third kappa shape index (κ3) is 6.01. The highest BCUT2D eigenvalue weighted by Crippen LogP contribution is 2.40. The molecule has 2 fully saturated rings. The number of cyclic esters (lactones) is 1. The van der Waals surface area contributed by atoms with Crippen LogP contribution in [0.25, 0.3) is 6.08 Å². The zero-order chi connectivity index (χ0) is 28.5. The lowest BCUT2D eigenvalue weighted by molar-refractivity contribution is -0.186. The number of β-lactam (4-membered cyclic amide) rings is 1. The van der Waals surface area contributed by atoms with Crippen molar-refractivity contribution in [2.75, 3.05) is 6.61 Å². The van der Waals surface area contributed by atoms with Gasteiger partial charge in [-0.25, -0.2) is 9.59 Å². The molecular weight excluding hydrogens is 496 g/mol. The van der Waals surface area contributed by atoms with E-state index in [2.05, 4.69) is 0 Å². The zero-order valence-corrected chi connectivity index (χ0v) is 23.4. The summed E-state index contributed by atoms with van der Waals surface area (Å²) in [4.78, 5) is 43.3. The number of rotatable bonds is 7. The van der Waals surface area contributed by atoms with Crippen LogP contribution in [0.1, 0.15) is 58.7 Å². The van der Waals surface area contributed by atoms with Crippen LogP contribution in [0.4, 0.5) is 4.79 Å². The van der Waals surface area contributed by atoms with E-state index in [9.17, 15) is 19.5 Å². The number of ether oxygens (including phenoxy) is 2. The van der Waals surface area contributed by atoms with Crippen molar-refractivity contribution in [1.82, 2.24) is 9.80 Å². The summed E-state index contributed by atoms with van der Waals surface area (Å²) in [5.41, 5.74) is 0.176. The van der Waals surface area contributed by atoms with Crippen LogP contribution in [-0.4, -0.2) is 69.3 Å². The van der Waals surface area contributed by atoms with Crippen LogP contribution in [-0.2, 0) is 19.1 Å². The van der Waals surface area contributed by atoms with Crippen molar-refractivity contribution in [2.45, 2.75) is 77.4 Å². The fourth-order valence-electron chi connectivity index (χ4n) is 5.00. The van der Waals surface area contributed by atoms with Crippen LogP contribution in [0.3, 0.4) is 0 Å². The van der Waals surface area contributed by atoms with Crippen LogP contribution in [0.2, 0.25) is 0 Å². The van der Waals surface area contributed by atoms with E-state index in [4.69, 9.17) is 9.47 Å². The van der Waals surface area contributed by atoms with E-state index < -0.39 is 59.3 Å². The van der Waals surface area contributed by atoms with Crippen LogP contribution in [0.15, 0.2) is 66.7 Å². The van der Waals surface area contributed by atoms with Gasteiger partial charge < -0.3 is 19.5 Å². The predicted octanol–water partition coefficient (Wildman–Crippen LogP) is 4.59. The summed E-state index contributed by atoms with van der Waals surface area (Å²) < 4.78 is 11.1. The van der Waals surface area contributed by atoms with Crippen LogP contribution < -0.4 is 0 Å². The van der Waals surface area contributed by atoms with E-state index in [1.807, 2.05) is 72.8 Å². The summed E-state index contributed by atoms with van der Waals surface area (Å²) in [6.45, 7) is 10.7. The average molecular weight is 535 g/mol. The van der Waals surface area contributed by atoms with Crippen molar-refractivity contribution in [1.29, 1.82) is 0 Å². The van der Waals surface area contributed by atoms with E-state index in [0.717, 1.165) is 11.1 Å². The van der Waals surface area contributed by atoms with Crippen LogP contribution in [0, 0.1) is 5.41 Å². The molecule has 2 amide bonds. The van der Waals surface area contributed by atoms with Gasteiger partial charge in [-0.2, -0.15) is 0 Å². The molecule has 2 aliphatic rings. The maximum absolute atomic E-state index is 14.0. The van der Waals surface area contributed by atoms with Gasteiger partial charge in [0, 0.05) is 0 Å². The summed E-state index contributed by atoms with van der Waals surface area (Å²) in [6, 6.07) is 15.6. The molecule has 0 saturated carbocycles. The second kappa shape index (κ2) is 10.8. The normalized spacial score (nSPS) is 23.4. The second-order valence-corrected chi connectivity index (χ2v) is 12.2. The Kier molecular flexibility index (Phi) is 7.89. The molecule has 3 unspecified atom stereocenters. The lowest BCUT2D eigenvalue weighted by atomic mass is 9.80. The van der Waals surface area contributed by atoms with Crippen molar-refractivity contribution in [3.63, 3.8) is 0 Å². The molecule has 1 N–H and O–H groups in total. The molecule has 2 aromatic carbocycles. The molecule has 2 aromatic rings. The molecule has 2 saturated heterocycles. The fourth-order valence-corrected chi connectivity index (χ4v) is 5.00. The maximum Gasteiger partial charge on any atom is 0.411 e. The summed E-state index contributed by atoms with van der Waals surface area (Å²) in [5.74, 6) is -1.14. The van der Waals surface area contributed by atoms with E-state index in [0.29, 0.717) is 0 Å². The van der Waals surface area contributed by atoms with Crippen molar-refractivity contribution < 1.29 is 29.0 Å². The van der Waals surface area contributed by atoms with Gasteiger partial charge >= 0.3 is 12.1 Å². The van der Waals surface area contributed by atoms with Crippen LogP contribution >= 0.6 is 0 Å². The summed E-state index contributed by atoms with van der Waals surface area (Å²) in [7, 11) is 0. The maximum atomic E-state index is 14.0. The molecule has 208 valence electrons. The topological polar surface area (TPSA) is 96.4 Å². The highest BCUT2D eigenvalue weighted by Gasteiger charge is 2.60. The van der Waals surface area contributed by atoms with Gasteiger partial charge in [-0.05, 0) is 37.3 Å². The van der Waals surface area contributed by atoms with Crippen LogP contribution in [0.5, 0.6) is 0 Å². The van der Waals surface area contributed by atoms with Gasteiger partial charge in [0.15, 0.2) is 6.04 Å². The largest absolute Gasteiger partial charge is 0.458 e. The smallest absolute Gasteiger partial charge is 0.411 e. The number of benzene rings is 2. The Bertz CT molecular complexity index is 1220. The summed E-state index contributed by atoms with van der Waals surface area (Å²) in [5, 5.41) is 11.4. The summed E-state index contributed by atoms with van der Waals surface area (Å²) >= 11 is 0. The molecule has 0 radical (unpaired) electrons. The number of amides is 2. The molecule has 2 aliphatic heterocycles. The Morgan fingerprint density at radius 1 is 1.00 bits per heavy atom. The quantitative estimate of drug-likeness (QED) is 0.412. The minimum Gasteiger partial charge on any atom is -0.458 e. The molecule has 0 aliphatic carbocycles. The first-order valence-electron chi connectivity index (χ1n) is 13.3. The molecule has 5 atom stereocenters. The van der Waals surface area contributed by atoms with Crippen molar-refractivity contribution >= 4 is 24.0 Å². The summed E-state index contributed by atoms with van der Waals surface area (Å²) in [6.07, 6.45) is 1.85. The molecule has 4 rings (SSSR count). The minimum absolute atomic E-state index is 0.113. The van der Waals surface area contributed by atoms with Gasteiger partial charge in [-0.3, -0.25) is 9.69 Å². The lowest BCUT2D eigenvalue weighted by Crippen LogP contribution is -2.76. The third-order valence-corrected chi connectivity index (χ3v) is 6.97. The average Bonchev–Trinajstić information content (AvgIpc) is 3.24. The van der Waals surface area contributed by atoms with Crippen molar-refractivity contribution in [3.8, 4) is 0 Å². The number of carbonyl (C=O) groups is 3. The van der Waals surface area contributed by atoms with Crippen molar-refractivity contribution in [2.24, 2.45) is 5.41 Å². The van der Waals surface area contributed by atoms with E-state index in [-0.39, 0.29) is 6.61 Å². The monoisotopic (exact) mass is 534 g/mol. The molecular formula is C31H38N2O6. The van der Waals surface area contributed by atoms with Gasteiger partial charge in [0.25, 0.3) is 0 Å². The first-order valence-corrected chi connectivity index (χ1v) is 13.3. The lowest BCUT2D eigenvalue weighted by Gasteiger charge is -2.54. The first kappa shape index (κ1) is 28.4. The minimum atomic E-state index is -1.27. The van der Waals surface area contributed by atoms with Gasteiger partial charge in [0.05, 0.1) is 18.2 Å². The molecule has 0 bridgehead atoms. The number of esters is 1. The number of aliphatic hydroxyl groups is 1. The van der Waals surface area contributed by atoms with E-state index >= 15 is 0 Å². The third-order valence-electron chi connectivity index (χ3n) is 6.97. The molecule has 8 nitrogen and oxygen atoms in total. The van der Waals surface area contributed by atoms with Crippen molar-refractivity contribution in [3.05, 3.63) is 77.9 Å². The van der Waals surface area contributed by atoms with E-state index in [1.165, 1.54) is 9.80 Å².